The maximum atomic E-state index is 12.6. The van der Waals surface area contributed by atoms with Gasteiger partial charge in [-0.1, -0.05) is 328 Å². The Balaban J connectivity index is 3.57. The number of unbranched alkanes of at least 4 members (excludes halogenated alkanes) is 48. The van der Waals surface area contributed by atoms with Gasteiger partial charge in [0.15, 0.2) is 0 Å². The minimum Gasteiger partial charge on any atom is -0.394 e. The number of carbonyl (C=O) groups excluding carboxylic acids is 1. The van der Waals surface area contributed by atoms with Crippen LogP contribution in [0.3, 0.4) is 0 Å². The fourth-order valence-corrected chi connectivity index (χ4v) is 10.3. The maximum absolute atomic E-state index is 12.6. The van der Waals surface area contributed by atoms with Crippen LogP contribution in [0.4, 0.5) is 0 Å². The number of hydrogen-bond acceptors (Lipinski definition) is 5. The molecule has 0 spiro atoms. The molecule has 4 atom stereocenters. The number of nitrogens with one attached hydrogen (secondary N) is 1. The molecule has 0 aromatic rings. The highest BCUT2D eigenvalue weighted by Crippen LogP contribution is 2.19. The molecule has 69 heavy (non-hydrogen) atoms. The summed E-state index contributed by atoms with van der Waals surface area (Å²) in [5, 5.41) is 44.1. The van der Waals surface area contributed by atoms with E-state index in [1.807, 2.05) is 0 Å². The van der Waals surface area contributed by atoms with Crippen LogP contribution in [0.1, 0.15) is 354 Å². The van der Waals surface area contributed by atoms with E-state index in [0.717, 1.165) is 38.5 Å². The molecule has 0 aromatic heterocycles. The van der Waals surface area contributed by atoms with Gasteiger partial charge in [0.1, 0.15) is 12.2 Å². The number of aliphatic hydroxyl groups is 4. The maximum Gasteiger partial charge on any atom is 0.249 e. The van der Waals surface area contributed by atoms with E-state index in [4.69, 9.17) is 0 Å². The molecule has 0 aromatic carbocycles. The SMILES string of the molecule is CCCCCCCCCCCCCCCCCCCCC/C=C/CCCC(O)C(O)C(CO)NC(=O)C(O)CCCCCCCCCCCCCCCCCCCCCCCCCCCCCCC. The Bertz CT molecular complexity index is 1010. The average Bonchev–Trinajstić information content (AvgIpc) is 3.35. The van der Waals surface area contributed by atoms with Crippen molar-refractivity contribution in [2.24, 2.45) is 0 Å². The molecule has 0 bridgehead atoms. The first-order valence-electron chi connectivity index (χ1n) is 31.6. The molecule has 0 aliphatic carbocycles. The molecule has 4 unspecified atom stereocenters. The largest absolute Gasteiger partial charge is 0.394 e. The second kappa shape index (κ2) is 57.9. The van der Waals surface area contributed by atoms with Crippen molar-refractivity contribution in [2.45, 2.75) is 379 Å². The van der Waals surface area contributed by atoms with Crippen LogP contribution in [-0.4, -0.2) is 57.3 Å². The van der Waals surface area contributed by atoms with E-state index >= 15 is 0 Å². The van der Waals surface area contributed by atoms with Gasteiger partial charge in [0.25, 0.3) is 0 Å². The van der Waals surface area contributed by atoms with Crippen molar-refractivity contribution in [3.05, 3.63) is 12.2 Å². The molecule has 1 amide bonds. The normalized spacial score (nSPS) is 13.7. The van der Waals surface area contributed by atoms with E-state index < -0.39 is 36.9 Å². The van der Waals surface area contributed by atoms with Crippen LogP contribution in [0.5, 0.6) is 0 Å². The summed E-state index contributed by atoms with van der Waals surface area (Å²) < 4.78 is 0. The third kappa shape index (κ3) is 51.7. The first-order valence-corrected chi connectivity index (χ1v) is 31.6. The van der Waals surface area contributed by atoms with Crippen LogP contribution in [0.2, 0.25) is 0 Å². The van der Waals surface area contributed by atoms with Crippen molar-refractivity contribution < 1.29 is 25.2 Å². The molecular weight excluding hydrogens is 851 g/mol. The van der Waals surface area contributed by atoms with E-state index in [-0.39, 0.29) is 0 Å². The number of rotatable bonds is 59. The first-order chi connectivity index (χ1) is 34.0. The third-order valence-electron chi connectivity index (χ3n) is 15.2. The van der Waals surface area contributed by atoms with Crippen LogP contribution in [0.15, 0.2) is 12.2 Å². The smallest absolute Gasteiger partial charge is 0.249 e. The number of amides is 1. The number of allylic oxidation sites excluding steroid dienone is 2. The molecule has 0 aliphatic rings. The highest BCUT2D eigenvalue weighted by Gasteiger charge is 2.28. The Morgan fingerprint density at radius 3 is 0.870 bits per heavy atom. The molecule has 0 fully saturated rings. The van der Waals surface area contributed by atoms with Gasteiger partial charge in [-0.25, -0.2) is 0 Å². The topological polar surface area (TPSA) is 110 Å². The third-order valence-corrected chi connectivity index (χ3v) is 15.2. The first kappa shape index (κ1) is 68.0. The van der Waals surface area contributed by atoms with E-state index in [0.29, 0.717) is 12.8 Å². The van der Waals surface area contributed by atoms with Gasteiger partial charge in [-0.15, -0.1) is 0 Å². The van der Waals surface area contributed by atoms with Crippen LogP contribution < -0.4 is 5.32 Å². The van der Waals surface area contributed by atoms with Gasteiger partial charge in [-0.05, 0) is 38.5 Å². The highest BCUT2D eigenvalue weighted by atomic mass is 16.3. The Labute approximate surface area is 432 Å². The quantitative estimate of drug-likeness (QED) is 0.0308. The molecule has 6 nitrogen and oxygen atoms in total. The van der Waals surface area contributed by atoms with E-state index in [2.05, 4.69) is 31.3 Å². The molecular formula is C63H125NO5. The summed E-state index contributed by atoms with van der Waals surface area (Å²) in [6, 6.07) is -0.999. The second-order valence-corrected chi connectivity index (χ2v) is 22.1. The summed E-state index contributed by atoms with van der Waals surface area (Å²) >= 11 is 0. The van der Waals surface area contributed by atoms with Gasteiger partial charge in [0, 0.05) is 0 Å². The predicted octanol–water partition coefficient (Wildman–Crippen LogP) is 18.8. The molecule has 0 saturated heterocycles. The van der Waals surface area contributed by atoms with Crippen LogP contribution in [0, 0.1) is 0 Å². The average molecular weight is 977 g/mol. The molecule has 5 N–H and O–H groups in total. The minimum absolute atomic E-state index is 0.369. The molecule has 0 saturated carbocycles. The van der Waals surface area contributed by atoms with Gasteiger partial charge in [-0.3, -0.25) is 4.79 Å². The van der Waals surface area contributed by atoms with Crippen molar-refractivity contribution in [2.75, 3.05) is 6.61 Å². The van der Waals surface area contributed by atoms with Crippen LogP contribution in [0.25, 0.3) is 0 Å². The predicted molar refractivity (Wildman–Crippen MR) is 302 cm³/mol. The van der Waals surface area contributed by atoms with Crippen LogP contribution >= 0.6 is 0 Å². The standard InChI is InChI=1S/C63H125NO5/c1-3-5-7-9-11-13-15-17-19-21-23-25-27-29-30-31-32-33-35-37-39-41-43-45-47-49-51-53-55-57-61(67)63(69)64-59(58-65)62(68)60(66)56-54-52-50-48-46-44-42-40-38-36-34-28-26-24-22-20-18-16-14-12-10-8-6-4-2/h48,50,59-62,65-68H,3-47,49,51-58H2,1-2H3,(H,64,69)/b50-48+. The molecule has 0 rings (SSSR count). The Hall–Kier alpha value is -0.950. The van der Waals surface area contributed by atoms with Gasteiger partial charge in [-0.2, -0.15) is 0 Å². The lowest BCUT2D eigenvalue weighted by molar-refractivity contribution is -0.132. The zero-order chi connectivity index (χ0) is 50.2. The fourth-order valence-electron chi connectivity index (χ4n) is 10.3. The highest BCUT2D eigenvalue weighted by molar-refractivity contribution is 5.80. The van der Waals surface area contributed by atoms with E-state index in [1.54, 1.807) is 0 Å². The lowest BCUT2D eigenvalue weighted by Gasteiger charge is -2.27. The second-order valence-electron chi connectivity index (χ2n) is 22.1. The fraction of sp³-hybridized carbons (Fsp3) is 0.952. The summed E-state index contributed by atoms with van der Waals surface area (Å²) in [5.41, 5.74) is 0. The number of hydrogen-bond donors (Lipinski definition) is 5. The molecule has 0 heterocycles. The molecule has 0 aliphatic heterocycles. The van der Waals surface area contributed by atoms with Gasteiger partial charge < -0.3 is 25.7 Å². The Kier molecular flexibility index (Phi) is 57.1. The van der Waals surface area contributed by atoms with Crippen LogP contribution in [-0.2, 0) is 4.79 Å². The molecule has 412 valence electrons. The Morgan fingerprint density at radius 1 is 0.348 bits per heavy atom. The van der Waals surface area contributed by atoms with Crippen molar-refractivity contribution in [1.82, 2.24) is 5.32 Å². The van der Waals surface area contributed by atoms with Crippen molar-refractivity contribution in [1.29, 1.82) is 0 Å². The lowest BCUT2D eigenvalue weighted by atomic mass is 10.00. The van der Waals surface area contributed by atoms with E-state index in [1.165, 1.54) is 289 Å². The summed E-state index contributed by atoms with van der Waals surface area (Å²) in [7, 11) is 0. The van der Waals surface area contributed by atoms with Gasteiger partial charge in [0.2, 0.25) is 5.91 Å². The van der Waals surface area contributed by atoms with Crippen molar-refractivity contribution in [3.8, 4) is 0 Å². The summed E-state index contributed by atoms with van der Waals surface area (Å²) in [6.07, 6.45) is 70.3. The number of carbonyl (C=O) groups is 1. The summed E-state index contributed by atoms with van der Waals surface area (Å²) in [6.45, 7) is 4.10. The van der Waals surface area contributed by atoms with Gasteiger partial charge >= 0.3 is 0 Å². The molecule has 6 heteroatoms. The number of aliphatic hydroxyl groups excluding tert-OH is 4. The van der Waals surface area contributed by atoms with Crippen molar-refractivity contribution >= 4 is 5.91 Å². The van der Waals surface area contributed by atoms with Crippen molar-refractivity contribution in [3.63, 3.8) is 0 Å². The minimum atomic E-state index is -1.28. The molecule has 0 radical (unpaired) electrons. The zero-order valence-corrected chi connectivity index (χ0v) is 46.8. The zero-order valence-electron chi connectivity index (χ0n) is 46.8. The lowest BCUT2D eigenvalue weighted by Crippen LogP contribution is -2.53. The Morgan fingerprint density at radius 2 is 0.594 bits per heavy atom. The van der Waals surface area contributed by atoms with Gasteiger partial charge in [0.05, 0.1) is 18.8 Å². The monoisotopic (exact) mass is 976 g/mol. The summed E-state index contributed by atoms with van der Waals surface area (Å²) in [4.78, 5) is 12.6. The summed E-state index contributed by atoms with van der Waals surface area (Å²) in [5.74, 6) is -0.585. The van der Waals surface area contributed by atoms with E-state index in [9.17, 15) is 25.2 Å².